The topological polar surface area (TPSA) is 32.3 Å². The monoisotopic (exact) mass is 166 g/mol. The molecule has 1 heterocycles. The molecule has 0 aliphatic carbocycles. The predicted octanol–water partition coefficient (Wildman–Crippen LogP) is 0.854. The zero-order valence-corrected chi connectivity index (χ0v) is 7.45. The summed E-state index contributed by atoms with van der Waals surface area (Å²) in [5.74, 6) is 0.146. The molecule has 0 spiro atoms. The molecular weight excluding hydrogens is 152 g/mol. The first-order chi connectivity index (χ1) is 5.75. The number of likely N-dealkylation sites (N-methyl/N-ethyl adjacent to an activating group) is 1. The highest BCUT2D eigenvalue weighted by Gasteiger charge is 2.14. The van der Waals surface area contributed by atoms with Crippen LogP contribution in [0.25, 0.3) is 0 Å². The van der Waals surface area contributed by atoms with Gasteiger partial charge in [0.05, 0.1) is 0 Å². The van der Waals surface area contributed by atoms with Crippen molar-refractivity contribution < 1.29 is 4.79 Å². The molecule has 0 saturated heterocycles. The van der Waals surface area contributed by atoms with Gasteiger partial charge < -0.3 is 10.2 Å². The van der Waals surface area contributed by atoms with Crippen LogP contribution in [0.5, 0.6) is 0 Å². The van der Waals surface area contributed by atoms with E-state index < -0.39 is 0 Å². The predicted molar refractivity (Wildman–Crippen MR) is 48.3 cm³/mol. The fourth-order valence-corrected chi connectivity index (χ4v) is 1.08. The summed E-state index contributed by atoms with van der Waals surface area (Å²) in [5, 5.41) is 3.07. The van der Waals surface area contributed by atoms with Crippen LogP contribution in [0.2, 0.25) is 0 Å². The number of hydrogen-bond acceptors (Lipinski definition) is 2. The minimum Gasteiger partial charge on any atom is -0.368 e. The number of hydrogen-bond donors (Lipinski definition) is 1. The Morgan fingerprint density at radius 2 is 2.33 bits per heavy atom. The molecule has 1 unspecified atom stereocenters. The van der Waals surface area contributed by atoms with E-state index in [0.29, 0.717) is 6.42 Å². The lowest BCUT2D eigenvalue weighted by molar-refractivity contribution is -0.131. The molecule has 0 bridgehead atoms. The van der Waals surface area contributed by atoms with Gasteiger partial charge in [0, 0.05) is 13.5 Å². The third-order valence-electron chi connectivity index (χ3n) is 1.88. The molecule has 1 amide bonds. The molecule has 66 valence electrons. The fraction of sp³-hybridized carbons (Fsp3) is 0.444. The first kappa shape index (κ1) is 8.84. The molecular formula is C9H14N2O. The molecule has 1 aliphatic rings. The van der Waals surface area contributed by atoms with Gasteiger partial charge in [-0.15, -0.1) is 0 Å². The van der Waals surface area contributed by atoms with Crippen LogP contribution >= 0.6 is 0 Å². The molecule has 0 aromatic heterocycles. The maximum Gasteiger partial charge on any atom is 0.223 e. The van der Waals surface area contributed by atoms with Crippen LogP contribution < -0.4 is 5.32 Å². The Bertz CT molecular complexity index is 221. The fourth-order valence-electron chi connectivity index (χ4n) is 1.08. The summed E-state index contributed by atoms with van der Waals surface area (Å²) in [7, 11) is 1.80. The molecule has 0 saturated carbocycles. The van der Waals surface area contributed by atoms with Crippen molar-refractivity contribution in [3.63, 3.8) is 0 Å². The number of nitrogens with one attached hydrogen (secondary N) is 1. The van der Waals surface area contributed by atoms with Gasteiger partial charge in [-0.3, -0.25) is 4.79 Å². The van der Waals surface area contributed by atoms with Crippen LogP contribution in [0, 0.1) is 0 Å². The lowest BCUT2D eigenvalue weighted by Crippen LogP contribution is -2.43. The quantitative estimate of drug-likeness (QED) is 0.659. The van der Waals surface area contributed by atoms with Crippen LogP contribution in [0.15, 0.2) is 24.4 Å². The van der Waals surface area contributed by atoms with E-state index in [1.165, 1.54) is 0 Å². The van der Waals surface area contributed by atoms with Gasteiger partial charge in [-0.2, -0.15) is 0 Å². The summed E-state index contributed by atoms with van der Waals surface area (Å²) >= 11 is 0. The second-order valence-electron chi connectivity index (χ2n) is 2.71. The van der Waals surface area contributed by atoms with Crippen LogP contribution in [0.3, 0.4) is 0 Å². The van der Waals surface area contributed by atoms with Crippen molar-refractivity contribution in [2.75, 3.05) is 7.05 Å². The molecule has 1 aliphatic heterocycles. The van der Waals surface area contributed by atoms with Gasteiger partial charge in [-0.25, -0.2) is 0 Å². The van der Waals surface area contributed by atoms with E-state index >= 15 is 0 Å². The Kier molecular flexibility index (Phi) is 2.91. The molecule has 0 aromatic carbocycles. The molecule has 1 rings (SSSR count). The highest BCUT2D eigenvalue weighted by atomic mass is 16.2. The number of rotatable bonds is 2. The van der Waals surface area contributed by atoms with Crippen LogP contribution in [-0.2, 0) is 4.79 Å². The molecule has 0 aromatic rings. The van der Waals surface area contributed by atoms with Gasteiger partial charge >= 0.3 is 0 Å². The average Bonchev–Trinajstić information content (AvgIpc) is 2.17. The summed E-state index contributed by atoms with van der Waals surface area (Å²) in [4.78, 5) is 12.9. The van der Waals surface area contributed by atoms with Crippen molar-refractivity contribution in [2.24, 2.45) is 0 Å². The number of carbonyl (C=O) groups excluding carboxylic acids is 1. The van der Waals surface area contributed by atoms with Gasteiger partial charge in [0.25, 0.3) is 0 Å². The van der Waals surface area contributed by atoms with Gasteiger partial charge in [-0.1, -0.05) is 13.0 Å². The number of amides is 1. The summed E-state index contributed by atoms with van der Waals surface area (Å²) < 4.78 is 0. The van der Waals surface area contributed by atoms with E-state index in [-0.39, 0.29) is 12.1 Å². The van der Waals surface area contributed by atoms with Crippen molar-refractivity contribution in [2.45, 2.75) is 19.5 Å². The van der Waals surface area contributed by atoms with Crippen LogP contribution in [0.4, 0.5) is 0 Å². The first-order valence-electron chi connectivity index (χ1n) is 4.10. The van der Waals surface area contributed by atoms with E-state index in [9.17, 15) is 4.79 Å². The van der Waals surface area contributed by atoms with Crippen molar-refractivity contribution in [1.29, 1.82) is 0 Å². The normalized spacial score (nSPS) is 20.3. The Morgan fingerprint density at radius 1 is 1.58 bits per heavy atom. The van der Waals surface area contributed by atoms with E-state index in [0.717, 1.165) is 0 Å². The Balaban J connectivity index is 2.52. The van der Waals surface area contributed by atoms with Gasteiger partial charge in [0.2, 0.25) is 5.91 Å². The number of allylic oxidation sites excluding steroid dienone is 2. The third-order valence-corrected chi connectivity index (χ3v) is 1.88. The van der Waals surface area contributed by atoms with Gasteiger partial charge in [-0.05, 0) is 18.4 Å². The lowest BCUT2D eigenvalue weighted by atomic mass is 10.3. The van der Waals surface area contributed by atoms with Crippen LogP contribution in [0.1, 0.15) is 13.3 Å². The second kappa shape index (κ2) is 3.95. The van der Waals surface area contributed by atoms with Gasteiger partial charge in [0.15, 0.2) is 0 Å². The molecule has 12 heavy (non-hydrogen) atoms. The number of carbonyl (C=O) groups is 1. The smallest absolute Gasteiger partial charge is 0.223 e. The summed E-state index contributed by atoms with van der Waals surface area (Å²) in [6, 6.07) is 0. The summed E-state index contributed by atoms with van der Waals surface area (Å²) in [6.45, 7) is 1.86. The van der Waals surface area contributed by atoms with Gasteiger partial charge in [0.1, 0.15) is 6.17 Å². The zero-order valence-electron chi connectivity index (χ0n) is 7.45. The molecule has 1 N–H and O–H groups in total. The highest BCUT2D eigenvalue weighted by molar-refractivity contribution is 5.76. The maximum absolute atomic E-state index is 11.2. The summed E-state index contributed by atoms with van der Waals surface area (Å²) in [5.41, 5.74) is 0. The Labute approximate surface area is 72.7 Å². The highest BCUT2D eigenvalue weighted by Crippen LogP contribution is 2.01. The van der Waals surface area contributed by atoms with E-state index in [1.54, 1.807) is 11.9 Å². The van der Waals surface area contributed by atoms with Crippen molar-refractivity contribution in [1.82, 2.24) is 10.2 Å². The Morgan fingerprint density at radius 3 is 2.83 bits per heavy atom. The first-order valence-corrected chi connectivity index (χ1v) is 4.10. The maximum atomic E-state index is 11.2. The number of dihydropyridines is 1. The van der Waals surface area contributed by atoms with Crippen LogP contribution in [-0.4, -0.2) is 24.0 Å². The lowest BCUT2D eigenvalue weighted by Gasteiger charge is -2.26. The standard InChI is InChI=1S/C9H14N2O/c1-3-9(12)11(2)8-6-4-5-7-10-8/h4-8,10H,3H2,1-2H3. The molecule has 3 heteroatoms. The summed E-state index contributed by atoms with van der Waals surface area (Å²) in [6.07, 6.45) is 8.19. The molecule has 1 atom stereocenters. The largest absolute Gasteiger partial charge is 0.368 e. The molecule has 0 radical (unpaired) electrons. The third kappa shape index (κ3) is 1.87. The second-order valence-corrected chi connectivity index (χ2v) is 2.71. The SMILES string of the molecule is CCC(=O)N(C)C1C=CC=CN1. The Hall–Kier alpha value is -1.25. The zero-order chi connectivity index (χ0) is 8.97. The minimum absolute atomic E-state index is 0.0162. The van der Waals surface area contributed by atoms with Crippen molar-refractivity contribution >= 4 is 5.91 Å². The van der Waals surface area contributed by atoms with Crippen molar-refractivity contribution in [3.8, 4) is 0 Å². The van der Waals surface area contributed by atoms with Crippen molar-refractivity contribution in [3.05, 3.63) is 24.4 Å². The van der Waals surface area contributed by atoms with E-state index in [1.807, 2.05) is 31.4 Å². The molecule has 0 fully saturated rings. The van der Waals surface area contributed by atoms with E-state index in [2.05, 4.69) is 5.32 Å². The molecule has 3 nitrogen and oxygen atoms in total. The number of nitrogens with zero attached hydrogens (tertiary/aromatic N) is 1. The minimum atomic E-state index is 0.0162. The van der Waals surface area contributed by atoms with E-state index in [4.69, 9.17) is 0 Å². The average molecular weight is 166 g/mol.